The second-order valence-electron chi connectivity index (χ2n) is 6.78. The third-order valence-corrected chi connectivity index (χ3v) is 3.82. The molecule has 0 aliphatic rings. The van der Waals surface area contributed by atoms with Gasteiger partial charge in [-0.3, -0.25) is 10.1 Å². The maximum atomic E-state index is 12.1. The van der Waals surface area contributed by atoms with Crippen LogP contribution in [0.5, 0.6) is 0 Å². The standard InChI is InChI=1S/C17H22ClN3O2/c1-17(2,3)14-9-16(23-20-14)19-15(22)11-21(4)10-12-7-5-6-8-13(12)18/h5-9H,10-11H2,1-4H3,(H,19,22)/p+1. The number of quaternary nitrogens is 1. The number of nitrogens with zero attached hydrogens (tertiary/aromatic N) is 1. The number of amides is 1. The molecule has 0 saturated heterocycles. The Morgan fingerprint density at radius 2 is 2.04 bits per heavy atom. The Morgan fingerprint density at radius 1 is 1.35 bits per heavy atom. The zero-order chi connectivity index (χ0) is 17.0. The lowest BCUT2D eigenvalue weighted by Crippen LogP contribution is -3.08. The molecular formula is C17H23ClN3O2+. The van der Waals surface area contributed by atoms with Gasteiger partial charge in [0.15, 0.2) is 6.54 Å². The molecule has 23 heavy (non-hydrogen) atoms. The number of anilines is 1. The van der Waals surface area contributed by atoms with Crippen LogP contribution in [-0.2, 0) is 16.8 Å². The summed E-state index contributed by atoms with van der Waals surface area (Å²) in [6, 6.07) is 9.42. The van der Waals surface area contributed by atoms with Gasteiger partial charge in [-0.25, -0.2) is 0 Å². The lowest BCUT2D eigenvalue weighted by Gasteiger charge is -2.14. The summed E-state index contributed by atoms with van der Waals surface area (Å²) in [6.07, 6.45) is 0. The Bertz CT molecular complexity index is 676. The maximum absolute atomic E-state index is 12.1. The maximum Gasteiger partial charge on any atom is 0.281 e. The Hall–Kier alpha value is -1.85. The predicted molar refractivity (Wildman–Crippen MR) is 90.7 cm³/mol. The second-order valence-corrected chi connectivity index (χ2v) is 7.18. The van der Waals surface area contributed by atoms with Gasteiger partial charge >= 0.3 is 0 Å². The molecule has 2 rings (SSSR count). The Labute approximate surface area is 141 Å². The molecule has 0 saturated carbocycles. The van der Waals surface area contributed by atoms with Crippen LogP contribution in [0.1, 0.15) is 32.0 Å². The first-order valence-electron chi connectivity index (χ1n) is 7.57. The zero-order valence-electron chi connectivity index (χ0n) is 13.9. The van der Waals surface area contributed by atoms with Crippen molar-refractivity contribution in [3.63, 3.8) is 0 Å². The molecule has 1 aromatic carbocycles. The van der Waals surface area contributed by atoms with Crippen LogP contribution in [0.3, 0.4) is 0 Å². The summed E-state index contributed by atoms with van der Waals surface area (Å²) >= 11 is 6.14. The number of hydrogen-bond donors (Lipinski definition) is 2. The average Bonchev–Trinajstić information content (AvgIpc) is 2.89. The molecule has 1 amide bonds. The van der Waals surface area contributed by atoms with Crippen molar-refractivity contribution in [3.05, 3.63) is 46.6 Å². The van der Waals surface area contributed by atoms with E-state index in [0.717, 1.165) is 21.2 Å². The molecule has 0 aliphatic heterocycles. The average molecular weight is 337 g/mol. The Kier molecular flexibility index (Phi) is 5.44. The third kappa shape index (κ3) is 5.08. The van der Waals surface area contributed by atoms with Crippen LogP contribution < -0.4 is 10.2 Å². The van der Waals surface area contributed by atoms with E-state index in [0.29, 0.717) is 19.0 Å². The van der Waals surface area contributed by atoms with Crippen molar-refractivity contribution in [3.8, 4) is 0 Å². The summed E-state index contributed by atoms with van der Waals surface area (Å²) in [5, 5.41) is 7.45. The number of rotatable bonds is 5. The quantitative estimate of drug-likeness (QED) is 0.880. The van der Waals surface area contributed by atoms with Crippen molar-refractivity contribution in [1.29, 1.82) is 0 Å². The van der Waals surface area contributed by atoms with Crippen LogP contribution in [0.2, 0.25) is 5.02 Å². The summed E-state index contributed by atoms with van der Waals surface area (Å²) < 4.78 is 5.17. The molecule has 1 aromatic heterocycles. The molecule has 0 fully saturated rings. The fourth-order valence-electron chi connectivity index (χ4n) is 2.17. The number of carbonyl (C=O) groups excluding carboxylic acids is 1. The summed E-state index contributed by atoms with van der Waals surface area (Å²) in [5.74, 6) is 0.261. The van der Waals surface area contributed by atoms with Gasteiger partial charge in [-0.05, 0) is 6.07 Å². The number of benzene rings is 1. The molecule has 0 spiro atoms. The number of likely N-dealkylation sites (N-methyl/N-ethyl adjacent to an activating group) is 1. The first-order chi connectivity index (χ1) is 10.8. The van der Waals surface area contributed by atoms with Crippen molar-refractivity contribution in [1.82, 2.24) is 5.16 Å². The second kappa shape index (κ2) is 7.15. The molecule has 1 heterocycles. The molecule has 1 atom stereocenters. The molecule has 2 N–H and O–H groups in total. The number of hydrogen-bond acceptors (Lipinski definition) is 3. The van der Waals surface area contributed by atoms with Crippen LogP contribution in [0.15, 0.2) is 34.9 Å². The highest BCUT2D eigenvalue weighted by Crippen LogP contribution is 2.23. The fraction of sp³-hybridized carbons (Fsp3) is 0.412. The Balaban J connectivity index is 1.89. The number of halogens is 1. The first kappa shape index (κ1) is 17.5. The normalized spacial score (nSPS) is 12.9. The minimum atomic E-state index is -0.119. The highest BCUT2D eigenvalue weighted by atomic mass is 35.5. The van der Waals surface area contributed by atoms with Gasteiger partial charge in [-0.15, -0.1) is 0 Å². The topological polar surface area (TPSA) is 59.6 Å². The molecule has 1 unspecified atom stereocenters. The van der Waals surface area contributed by atoms with Gasteiger partial charge in [0.25, 0.3) is 5.91 Å². The van der Waals surface area contributed by atoms with E-state index >= 15 is 0 Å². The van der Waals surface area contributed by atoms with E-state index in [1.807, 2.05) is 52.1 Å². The number of aromatic nitrogens is 1. The van der Waals surface area contributed by atoms with E-state index in [1.165, 1.54) is 0 Å². The van der Waals surface area contributed by atoms with Crippen LogP contribution in [0.25, 0.3) is 0 Å². The van der Waals surface area contributed by atoms with Crippen molar-refractivity contribution in [2.45, 2.75) is 32.7 Å². The van der Waals surface area contributed by atoms with E-state index in [-0.39, 0.29) is 11.3 Å². The third-order valence-electron chi connectivity index (χ3n) is 3.45. The van der Waals surface area contributed by atoms with Crippen LogP contribution in [-0.4, -0.2) is 24.7 Å². The van der Waals surface area contributed by atoms with E-state index in [4.69, 9.17) is 16.1 Å². The molecular weight excluding hydrogens is 314 g/mol. The summed E-state index contributed by atoms with van der Waals surface area (Å²) in [4.78, 5) is 13.1. The monoisotopic (exact) mass is 336 g/mol. The lowest BCUT2D eigenvalue weighted by atomic mass is 9.92. The zero-order valence-corrected chi connectivity index (χ0v) is 14.7. The van der Waals surface area contributed by atoms with Gasteiger partial charge in [0, 0.05) is 22.1 Å². The Morgan fingerprint density at radius 3 is 2.65 bits per heavy atom. The van der Waals surface area contributed by atoms with Crippen molar-refractivity contribution < 1.29 is 14.2 Å². The molecule has 0 bridgehead atoms. The number of carbonyl (C=O) groups is 1. The number of nitrogens with one attached hydrogen (secondary N) is 2. The van der Waals surface area contributed by atoms with Crippen molar-refractivity contribution in [2.75, 3.05) is 18.9 Å². The minimum absolute atomic E-state index is 0.113. The van der Waals surface area contributed by atoms with Gasteiger partial charge in [0.1, 0.15) is 6.54 Å². The molecule has 2 aromatic rings. The van der Waals surface area contributed by atoms with E-state index in [9.17, 15) is 4.79 Å². The molecule has 0 aliphatic carbocycles. The molecule has 6 heteroatoms. The van der Waals surface area contributed by atoms with Crippen molar-refractivity contribution in [2.24, 2.45) is 0 Å². The van der Waals surface area contributed by atoms with Gasteiger partial charge in [-0.2, -0.15) is 0 Å². The van der Waals surface area contributed by atoms with Crippen molar-refractivity contribution >= 4 is 23.4 Å². The van der Waals surface area contributed by atoms with E-state index in [2.05, 4.69) is 10.5 Å². The fourth-order valence-corrected chi connectivity index (χ4v) is 2.38. The molecule has 0 radical (unpaired) electrons. The van der Waals surface area contributed by atoms with E-state index < -0.39 is 0 Å². The van der Waals surface area contributed by atoms with Gasteiger partial charge < -0.3 is 9.42 Å². The van der Waals surface area contributed by atoms with Gasteiger partial charge in [0.2, 0.25) is 5.88 Å². The molecule has 5 nitrogen and oxygen atoms in total. The minimum Gasteiger partial charge on any atom is -0.338 e. The summed E-state index contributed by atoms with van der Waals surface area (Å²) in [7, 11) is 1.95. The van der Waals surface area contributed by atoms with E-state index in [1.54, 1.807) is 6.07 Å². The lowest BCUT2D eigenvalue weighted by molar-refractivity contribution is -0.885. The summed E-state index contributed by atoms with van der Waals surface area (Å²) in [6.45, 7) is 7.11. The molecule has 124 valence electrons. The van der Waals surface area contributed by atoms with Gasteiger partial charge in [-0.1, -0.05) is 55.7 Å². The predicted octanol–water partition coefficient (Wildman–Crippen LogP) is 2.28. The van der Waals surface area contributed by atoms with Gasteiger partial charge in [0.05, 0.1) is 12.7 Å². The largest absolute Gasteiger partial charge is 0.338 e. The smallest absolute Gasteiger partial charge is 0.281 e. The SMILES string of the molecule is C[NH+](CC(=O)Nc1cc(C(C)(C)C)no1)Cc1ccccc1Cl. The van der Waals surface area contributed by atoms with Crippen LogP contribution >= 0.6 is 11.6 Å². The van der Waals surface area contributed by atoms with Crippen LogP contribution in [0.4, 0.5) is 5.88 Å². The first-order valence-corrected chi connectivity index (χ1v) is 7.95. The summed E-state index contributed by atoms with van der Waals surface area (Å²) in [5.41, 5.74) is 1.72. The van der Waals surface area contributed by atoms with Crippen LogP contribution in [0, 0.1) is 0 Å². The highest BCUT2D eigenvalue weighted by Gasteiger charge is 2.20. The highest BCUT2D eigenvalue weighted by molar-refractivity contribution is 6.31.